The summed E-state index contributed by atoms with van der Waals surface area (Å²) in [7, 11) is 0.758. The third-order valence-corrected chi connectivity index (χ3v) is 6.74. The second-order valence-corrected chi connectivity index (χ2v) is 9.36. The van der Waals surface area contributed by atoms with Gasteiger partial charge in [-0.2, -0.15) is 0 Å². The maximum Gasteiger partial charge on any atom is 0.261 e. The van der Waals surface area contributed by atoms with E-state index in [4.69, 9.17) is 14.2 Å². The van der Waals surface area contributed by atoms with Crippen molar-refractivity contribution in [1.82, 2.24) is 0 Å². The fourth-order valence-corrected chi connectivity index (χ4v) is 4.39. The molecular weight excluding hydrogens is 468 g/mol. The average molecular weight is 497 g/mol. The molecule has 0 aliphatic rings. The second kappa shape index (κ2) is 11.0. The summed E-state index contributed by atoms with van der Waals surface area (Å²) in [6, 6.07) is 14.7. The Balaban J connectivity index is 1.70. The van der Waals surface area contributed by atoms with Crippen LogP contribution in [0.3, 0.4) is 0 Å². The number of benzene rings is 3. The van der Waals surface area contributed by atoms with Crippen LogP contribution in [0, 0.1) is 13.8 Å². The van der Waals surface area contributed by atoms with Gasteiger partial charge in [-0.25, -0.2) is 8.42 Å². The highest BCUT2D eigenvalue weighted by Crippen LogP contribution is 2.40. The molecule has 0 saturated heterocycles. The van der Waals surface area contributed by atoms with Gasteiger partial charge in [-0.3, -0.25) is 9.52 Å². The second-order valence-electron chi connectivity index (χ2n) is 7.68. The molecule has 0 aliphatic carbocycles. The Labute approximate surface area is 205 Å². The van der Waals surface area contributed by atoms with E-state index >= 15 is 0 Å². The number of rotatable bonds is 9. The standard InChI is InChI=1S/C26H28N2O6S/c1-17-6-9-21(16-18(17)2)28-35(30,31)22-12-10-20(11-13-22)27-24(29)15-8-19-7-14-23(32-3)26(34-5)25(19)33-4/h6-16,28H,1-5H3,(H,27,29)/b15-8+. The Morgan fingerprint density at radius 1 is 0.800 bits per heavy atom. The number of carbonyl (C=O) groups is 1. The van der Waals surface area contributed by atoms with Crippen LogP contribution in [0.2, 0.25) is 0 Å². The Hall–Kier alpha value is -3.98. The zero-order valence-electron chi connectivity index (χ0n) is 20.2. The van der Waals surface area contributed by atoms with Crippen molar-refractivity contribution < 1.29 is 27.4 Å². The molecule has 0 bridgehead atoms. The fourth-order valence-electron chi connectivity index (χ4n) is 3.34. The first-order chi connectivity index (χ1) is 16.7. The Morgan fingerprint density at radius 3 is 2.06 bits per heavy atom. The summed E-state index contributed by atoms with van der Waals surface area (Å²) in [6.07, 6.45) is 2.93. The van der Waals surface area contributed by atoms with E-state index in [2.05, 4.69) is 10.0 Å². The van der Waals surface area contributed by atoms with Crippen LogP contribution in [-0.4, -0.2) is 35.7 Å². The number of hydrogen-bond donors (Lipinski definition) is 2. The maximum absolute atomic E-state index is 12.7. The van der Waals surface area contributed by atoms with Crippen LogP contribution in [0.15, 0.2) is 65.6 Å². The van der Waals surface area contributed by atoms with Crippen LogP contribution in [0.25, 0.3) is 6.08 Å². The molecule has 184 valence electrons. The van der Waals surface area contributed by atoms with Crippen molar-refractivity contribution >= 4 is 33.4 Å². The van der Waals surface area contributed by atoms with Gasteiger partial charge in [-0.15, -0.1) is 0 Å². The Morgan fingerprint density at radius 2 is 1.46 bits per heavy atom. The van der Waals surface area contributed by atoms with Crippen LogP contribution in [0.5, 0.6) is 17.2 Å². The smallest absolute Gasteiger partial charge is 0.261 e. The zero-order valence-corrected chi connectivity index (χ0v) is 21.0. The lowest BCUT2D eigenvalue weighted by Crippen LogP contribution is -2.13. The van der Waals surface area contributed by atoms with Crippen LogP contribution in [0.4, 0.5) is 11.4 Å². The molecule has 3 aromatic carbocycles. The molecule has 0 aromatic heterocycles. The predicted octanol–water partition coefficient (Wildman–Crippen LogP) is 4.78. The summed E-state index contributed by atoms with van der Waals surface area (Å²) in [6.45, 7) is 3.88. The molecule has 0 heterocycles. The molecule has 0 fully saturated rings. The van der Waals surface area contributed by atoms with Crippen molar-refractivity contribution in [3.8, 4) is 17.2 Å². The summed E-state index contributed by atoms with van der Waals surface area (Å²) >= 11 is 0. The zero-order chi connectivity index (χ0) is 25.6. The van der Waals surface area contributed by atoms with Gasteiger partial charge in [0.2, 0.25) is 11.7 Å². The van der Waals surface area contributed by atoms with Gasteiger partial charge in [0.15, 0.2) is 11.5 Å². The highest BCUT2D eigenvalue weighted by Gasteiger charge is 2.16. The lowest BCUT2D eigenvalue weighted by molar-refractivity contribution is -0.111. The van der Waals surface area contributed by atoms with E-state index in [1.807, 2.05) is 19.9 Å². The van der Waals surface area contributed by atoms with Crippen LogP contribution < -0.4 is 24.2 Å². The Bertz CT molecular complexity index is 1350. The predicted molar refractivity (Wildman–Crippen MR) is 137 cm³/mol. The van der Waals surface area contributed by atoms with Gasteiger partial charge in [0.25, 0.3) is 10.0 Å². The first-order valence-corrected chi connectivity index (χ1v) is 12.1. The van der Waals surface area contributed by atoms with Gasteiger partial charge in [0.1, 0.15) is 0 Å². The topological polar surface area (TPSA) is 103 Å². The third kappa shape index (κ3) is 6.13. The summed E-state index contributed by atoms with van der Waals surface area (Å²) in [5, 5.41) is 2.71. The van der Waals surface area contributed by atoms with Crippen molar-refractivity contribution in [3.63, 3.8) is 0 Å². The minimum absolute atomic E-state index is 0.0827. The summed E-state index contributed by atoms with van der Waals surface area (Å²) in [5.74, 6) is 0.962. The van der Waals surface area contributed by atoms with E-state index in [-0.39, 0.29) is 4.90 Å². The highest BCUT2D eigenvalue weighted by molar-refractivity contribution is 7.92. The van der Waals surface area contributed by atoms with E-state index in [1.165, 1.54) is 51.7 Å². The van der Waals surface area contributed by atoms with Crippen LogP contribution in [0.1, 0.15) is 16.7 Å². The maximum atomic E-state index is 12.7. The summed E-state index contributed by atoms with van der Waals surface area (Å²) < 4.78 is 44.0. The normalized spacial score (nSPS) is 11.2. The molecule has 0 radical (unpaired) electrons. The fraction of sp³-hybridized carbons (Fsp3) is 0.192. The first-order valence-electron chi connectivity index (χ1n) is 10.7. The quantitative estimate of drug-likeness (QED) is 0.413. The number of carbonyl (C=O) groups excluding carboxylic acids is 1. The number of anilines is 2. The Kier molecular flexibility index (Phi) is 8.03. The number of methoxy groups -OCH3 is 3. The molecule has 8 nitrogen and oxygen atoms in total. The van der Waals surface area contributed by atoms with Crippen molar-refractivity contribution in [2.24, 2.45) is 0 Å². The molecule has 0 saturated carbocycles. The molecule has 9 heteroatoms. The SMILES string of the molecule is COc1ccc(/C=C/C(=O)Nc2ccc(S(=O)(=O)Nc3ccc(C)c(C)c3)cc2)c(OC)c1OC. The van der Waals surface area contributed by atoms with Crippen molar-refractivity contribution in [1.29, 1.82) is 0 Å². The molecule has 35 heavy (non-hydrogen) atoms. The van der Waals surface area contributed by atoms with Crippen molar-refractivity contribution in [2.45, 2.75) is 18.7 Å². The van der Waals surface area contributed by atoms with E-state index in [9.17, 15) is 13.2 Å². The van der Waals surface area contributed by atoms with Gasteiger partial charge >= 0.3 is 0 Å². The first kappa shape index (κ1) is 25.6. The van der Waals surface area contributed by atoms with Gasteiger partial charge < -0.3 is 19.5 Å². The lowest BCUT2D eigenvalue weighted by Gasteiger charge is -2.14. The van der Waals surface area contributed by atoms with Gasteiger partial charge in [0, 0.05) is 23.0 Å². The van der Waals surface area contributed by atoms with Gasteiger partial charge in [-0.05, 0) is 79.6 Å². The number of sulfonamides is 1. The number of amides is 1. The van der Waals surface area contributed by atoms with Crippen LogP contribution in [-0.2, 0) is 14.8 Å². The van der Waals surface area contributed by atoms with Crippen molar-refractivity contribution in [2.75, 3.05) is 31.4 Å². The number of nitrogens with one attached hydrogen (secondary N) is 2. The van der Waals surface area contributed by atoms with Crippen LogP contribution >= 0.6 is 0 Å². The van der Waals surface area contributed by atoms with E-state index in [1.54, 1.807) is 30.3 Å². The molecular formula is C26H28N2O6S. The minimum atomic E-state index is -3.77. The summed E-state index contributed by atoms with van der Waals surface area (Å²) in [4.78, 5) is 12.5. The summed E-state index contributed by atoms with van der Waals surface area (Å²) in [5.41, 5.74) is 3.62. The van der Waals surface area contributed by atoms with E-state index in [0.29, 0.717) is 34.2 Å². The number of ether oxygens (including phenoxy) is 3. The van der Waals surface area contributed by atoms with Crippen molar-refractivity contribution in [3.05, 3.63) is 77.4 Å². The van der Waals surface area contributed by atoms with E-state index < -0.39 is 15.9 Å². The molecule has 3 rings (SSSR count). The molecule has 3 aromatic rings. The molecule has 0 atom stereocenters. The average Bonchev–Trinajstić information content (AvgIpc) is 2.84. The van der Waals surface area contributed by atoms with Gasteiger partial charge in [0.05, 0.1) is 26.2 Å². The third-order valence-electron chi connectivity index (χ3n) is 5.34. The lowest BCUT2D eigenvalue weighted by atomic mass is 10.1. The van der Waals surface area contributed by atoms with Gasteiger partial charge in [-0.1, -0.05) is 6.07 Å². The number of hydrogen-bond acceptors (Lipinski definition) is 6. The molecule has 1 amide bonds. The molecule has 0 unspecified atom stereocenters. The minimum Gasteiger partial charge on any atom is -0.493 e. The molecule has 2 N–H and O–H groups in total. The monoisotopic (exact) mass is 496 g/mol. The largest absolute Gasteiger partial charge is 0.493 e. The molecule has 0 aliphatic heterocycles. The van der Waals surface area contributed by atoms with E-state index in [0.717, 1.165) is 11.1 Å². The highest BCUT2D eigenvalue weighted by atomic mass is 32.2. The number of aryl methyl sites for hydroxylation is 2. The molecule has 0 spiro atoms.